The highest BCUT2D eigenvalue weighted by atomic mass is 35.5. The van der Waals surface area contributed by atoms with Crippen LogP contribution in [0, 0.1) is 18.3 Å². The molecule has 1 aliphatic carbocycles. The van der Waals surface area contributed by atoms with Gasteiger partial charge in [0, 0.05) is 17.6 Å². The zero-order valence-corrected chi connectivity index (χ0v) is 14.8. The van der Waals surface area contributed by atoms with Crippen molar-refractivity contribution in [1.82, 2.24) is 5.32 Å². The fourth-order valence-electron chi connectivity index (χ4n) is 3.48. The molecule has 0 unspecified atom stereocenters. The van der Waals surface area contributed by atoms with Crippen LogP contribution in [0.5, 0.6) is 0 Å². The van der Waals surface area contributed by atoms with Crippen molar-refractivity contribution in [3.8, 4) is 0 Å². The van der Waals surface area contributed by atoms with Crippen LogP contribution in [-0.2, 0) is 6.54 Å². The van der Waals surface area contributed by atoms with Gasteiger partial charge in [-0.1, -0.05) is 44.9 Å². The van der Waals surface area contributed by atoms with Crippen LogP contribution in [0.25, 0.3) is 0 Å². The lowest BCUT2D eigenvalue weighted by Crippen LogP contribution is -2.36. The van der Waals surface area contributed by atoms with Crippen molar-refractivity contribution < 1.29 is 0 Å². The summed E-state index contributed by atoms with van der Waals surface area (Å²) < 4.78 is 0. The van der Waals surface area contributed by atoms with E-state index in [0.717, 1.165) is 17.5 Å². The second kappa shape index (κ2) is 7.15. The summed E-state index contributed by atoms with van der Waals surface area (Å²) in [6.07, 6.45) is 6.68. The van der Waals surface area contributed by atoms with Crippen LogP contribution in [0.4, 0.5) is 0 Å². The third-order valence-corrected chi connectivity index (χ3v) is 5.86. The third kappa shape index (κ3) is 4.47. The molecule has 0 saturated heterocycles. The fourth-order valence-corrected chi connectivity index (χ4v) is 3.71. The highest BCUT2D eigenvalue weighted by Gasteiger charge is 2.31. The van der Waals surface area contributed by atoms with E-state index in [1.165, 1.54) is 43.2 Å². The van der Waals surface area contributed by atoms with Crippen molar-refractivity contribution in [2.75, 3.05) is 0 Å². The summed E-state index contributed by atoms with van der Waals surface area (Å²) in [7, 11) is 0. The Morgan fingerprint density at radius 1 is 1.19 bits per heavy atom. The van der Waals surface area contributed by atoms with Crippen molar-refractivity contribution in [2.45, 2.75) is 72.4 Å². The Labute approximate surface area is 135 Å². The van der Waals surface area contributed by atoms with Gasteiger partial charge in [-0.05, 0) is 67.2 Å². The minimum atomic E-state index is 0.512. The molecule has 0 spiro atoms. The monoisotopic (exact) mass is 307 g/mol. The maximum absolute atomic E-state index is 6.02. The third-order valence-electron chi connectivity index (χ3n) is 5.63. The standard InChI is InChI=1S/C19H30ClN/c1-5-19(3,4)16-7-10-18(11-8-16)21-13-15-6-9-17(20)12-14(15)2/h6,9,12,16,18,21H,5,7-8,10-11,13H2,1-4H3. The lowest BCUT2D eigenvalue weighted by Gasteiger charge is -2.39. The number of hydrogen-bond acceptors (Lipinski definition) is 1. The van der Waals surface area contributed by atoms with E-state index in [1.54, 1.807) is 0 Å². The normalized spacial score (nSPS) is 23.3. The maximum Gasteiger partial charge on any atom is 0.0408 e. The summed E-state index contributed by atoms with van der Waals surface area (Å²) >= 11 is 6.02. The molecule has 1 aromatic carbocycles. The molecule has 0 amide bonds. The Bertz CT molecular complexity index is 459. The molecule has 1 aliphatic rings. The maximum atomic E-state index is 6.02. The van der Waals surface area contributed by atoms with Crippen LogP contribution in [0.3, 0.4) is 0 Å². The van der Waals surface area contributed by atoms with Crippen molar-refractivity contribution in [1.29, 1.82) is 0 Å². The van der Waals surface area contributed by atoms with E-state index in [-0.39, 0.29) is 0 Å². The summed E-state index contributed by atoms with van der Waals surface area (Å²) in [6.45, 7) is 10.3. The van der Waals surface area contributed by atoms with Gasteiger partial charge in [0.1, 0.15) is 0 Å². The molecule has 0 atom stereocenters. The molecule has 1 N–H and O–H groups in total. The van der Waals surface area contributed by atoms with Gasteiger partial charge < -0.3 is 5.32 Å². The van der Waals surface area contributed by atoms with Crippen molar-refractivity contribution in [2.24, 2.45) is 11.3 Å². The largest absolute Gasteiger partial charge is 0.310 e. The molecule has 1 fully saturated rings. The molecule has 118 valence electrons. The first-order valence-corrected chi connectivity index (χ1v) is 8.78. The lowest BCUT2D eigenvalue weighted by molar-refractivity contribution is 0.137. The first-order chi connectivity index (χ1) is 9.92. The number of benzene rings is 1. The van der Waals surface area contributed by atoms with E-state index in [1.807, 2.05) is 6.07 Å². The highest BCUT2D eigenvalue weighted by Crippen LogP contribution is 2.40. The average molecular weight is 308 g/mol. The first kappa shape index (κ1) is 16.8. The van der Waals surface area contributed by atoms with Gasteiger partial charge in [-0.25, -0.2) is 0 Å². The lowest BCUT2D eigenvalue weighted by atomic mass is 9.69. The van der Waals surface area contributed by atoms with Crippen LogP contribution >= 0.6 is 11.6 Å². The summed E-state index contributed by atoms with van der Waals surface area (Å²) in [5.74, 6) is 0.901. The van der Waals surface area contributed by atoms with Gasteiger partial charge in [0.15, 0.2) is 0 Å². The van der Waals surface area contributed by atoms with Gasteiger partial charge in [0.25, 0.3) is 0 Å². The molecule has 1 aromatic rings. The van der Waals surface area contributed by atoms with Gasteiger partial charge in [-0.2, -0.15) is 0 Å². The molecule has 1 nitrogen and oxygen atoms in total. The highest BCUT2D eigenvalue weighted by molar-refractivity contribution is 6.30. The quantitative estimate of drug-likeness (QED) is 0.732. The van der Waals surface area contributed by atoms with Crippen molar-refractivity contribution in [3.05, 3.63) is 34.3 Å². The minimum Gasteiger partial charge on any atom is -0.310 e. The van der Waals surface area contributed by atoms with Gasteiger partial charge in [0.2, 0.25) is 0 Å². The van der Waals surface area contributed by atoms with E-state index in [9.17, 15) is 0 Å². The zero-order valence-electron chi connectivity index (χ0n) is 14.0. The van der Waals surface area contributed by atoms with E-state index in [2.05, 4.69) is 45.1 Å². The van der Waals surface area contributed by atoms with E-state index < -0.39 is 0 Å². The Hall–Kier alpha value is -0.530. The second-order valence-electron chi connectivity index (χ2n) is 7.34. The SMILES string of the molecule is CCC(C)(C)C1CCC(NCc2ccc(Cl)cc2C)CC1. The molecule has 0 aromatic heterocycles. The molecular formula is C19H30ClN. The Kier molecular flexibility index (Phi) is 5.73. The van der Waals surface area contributed by atoms with Crippen molar-refractivity contribution >= 4 is 11.6 Å². The number of aryl methyl sites for hydroxylation is 1. The molecule has 0 aliphatic heterocycles. The van der Waals surface area contributed by atoms with Gasteiger partial charge >= 0.3 is 0 Å². The fraction of sp³-hybridized carbons (Fsp3) is 0.684. The van der Waals surface area contributed by atoms with Crippen LogP contribution in [0.15, 0.2) is 18.2 Å². The molecule has 21 heavy (non-hydrogen) atoms. The van der Waals surface area contributed by atoms with E-state index in [0.29, 0.717) is 11.5 Å². The summed E-state index contributed by atoms with van der Waals surface area (Å²) in [5.41, 5.74) is 3.17. The molecule has 0 bridgehead atoms. The van der Waals surface area contributed by atoms with E-state index in [4.69, 9.17) is 11.6 Å². The predicted molar refractivity (Wildman–Crippen MR) is 92.8 cm³/mol. The molecule has 2 rings (SSSR count). The van der Waals surface area contributed by atoms with Gasteiger partial charge in [-0.3, -0.25) is 0 Å². The number of halogens is 1. The zero-order chi connectivity index (χ0) is 15.5. The minimum absolute atomic E-state index is 0.512. The summed E-state index contributed by atoms with van der Waals surface area (Å²) in [5, 5.41) is 4.58. The number of nitrogens with one attached hydrogen (secondary N) is 1. The number of hydrogen-bond donors (Lipinski definition) is 1. The summed E-state index contributed by atoms with van der Waals surface area (Å²) in [6, 6.07) is 6.88. The van der Waals surface area contributed by atoms with Crippen LogP contribution in [0.2, 0.25) is 5.02 Å². The molecule has 0 radical (unpaired) electrons. The Morgan fingerprint density at radius 2 is 1.86 bits per heavy atom. The predicted octanol–water partition coefficient (Wildman–Crippen LogP) is 5.73. The van der Waals surface area contributed by atoms with Gasteiger partial charge in [-0.15, -0.1) is 0 Å². The second-order valence-corrected chi connectivity index (χ2v) is 7.78. The van der Waals surface area contributed by atoms with Crippen LogP contribution in [-0.4, -0.2) is 6.04 Å². The summed E-state index contributed by atoms with van der Waals surface area (Å²) in [4.78, 5) is 0. The first-order valence-electron chi connectivity index (χ1n) is 8.41. The molecular weight excluding hydrogens is 278 g/mol. The van der Waals surface area contributed by atoms with Crippen LogP contribution in [0.1, 0.15) is 64.0 Å². The topological polar surface area (TPSA) is 12.0 Å². The van der Waals surface area contributed by atoms with Crippen molar-refractivity contribution in [3.63, 3.8) is 0 Å². The van der Waals surface area contributed by atoms with Gasteiger partial charge in [0.05, 0.1) is 0 Å². The number of rotatable bonds is 5. The average Bonchev–Trinajstić information content (AvgIpc) is 2.47. The van der Waals surface area contributed by atoms with E-state index >= 15 is 0 Å². The molecule has 2 heteroatoms. The molecule has 0 heterocycles. The Balaban J connectivity index is 1.81. The van der Waals surface area contributed by atoms with Crippen LogP contribution < -0.4 is 5.32 Å². The smallest absolute Gasteiger partial charge is 0.0408 e. The molecule has 1 saturated carbocycles. The Morgan fingerprint density at radius 3 is 2.43 bits per heavy atom.